The SMILES string of the molecule is O=[Se]CC1Cc2cc(Cl)cc(Cl)c2O1. The number of fused-ring (bicyclic) bond motifs is 1. The molecule has 0 saturated carbocycles. The molecule has 0 bridgehead atoms. The second kappa shape index (κ2) is 4.19. The van der Waals surface area contributed by atoms with E-state index in [-0.39, 0.29) is 6.10 Å². The minimum absolute atomic E-state index is 0.00142. The van der Waals surface area contributed by atoms with Crippen LogP contribution in [-0.4, -0.2) is 21.0 Å². The average molecular weight is 297 g/mol. The molecule has 0 N–H and O–H groups in total. The topological polar surface area (TPSA) is 26.3 Å². The standard InChI is InChI=1S/C9H7Cl2O2Se/c10-6-1-5-2-7(4-14-12)13-9(5)8(11)3-6/h1,3,7H,2,4H2. The second-order valence-electron chi connectivity index (χ2n) is 3.10. The Morgan fingerprint density at radius 3 is 3.00 bits per heavy atom. The molecule has 0 spiro atoms. The molecule has 0 amide bonds. The summed E-state index contributed by atoms with van der Waals surface area (Å²) in [6.07, 6.45) is 0.748. The number of halogens is 2. The summed E-state index contributed by atoms with van der Waals surface area (Å²) in [6, 6.07) is 3.51. The van der Waals surface area contributed by atoms with E-state index in [1.54, 1.807) is 6.07 Å². The van der Waals surface area contributed by atoms with Gasteiger partial charge in [-0.1, -0.05) is 0 Å². The Balaban J connectivity index is 2.30. The van der Waals surface area contributed by atoms with Crippen molar-refractivity contribution >= 4 is 38.1 Å². The molecule has 0 aliphatic carbocycles. The van der Waals surface area contributed by atoms with Gasteiger partial charge in [0.25, 0.3) is 0 Å². The molecule has 1 aliphatic heterocycles. The Kier molecular flexibility index (Phi) is 3.13. The van der Waals surface area contributed by atoms with Crippen molar-refractivity contribution in [2.45, 2.75) is 17.8 Å². The fourth-order valence-electron chi connectivity index (χ4n) is 1.52. The third-order valence-corrected chi connectivity index (χ3v) is 3.64. The predicted octanol–water partition coefficient (Wildman–Crippen LogP) is 2.76. The van der Waals surface area contributed by atoms with Crippen molar-refractivity contribution < 1.29 is 8.57 Å². The van der Waals surface area contributed by atoms with Gasteiger partial charge in [0, 0.05) is 0 Å². The molecule has 0 aromatic heterocycles. The van der Waals surface area contributed by atoms with E-state index in [1.807, 2.05) is 6.07 Å². The number of hydrogen-bond donors (Lipinski definition) is 0. The van der Waals surface area contributed by atoms with Gasteiger partial charge in [-0.3, -0.25) is 0 Å². The van der Waals surface area contributed by atoms with Crippen LogP contribution >= 0.6 is 23.2 Å². The van der Waals surface area contributed by atoms with Gasteiger partial charge in [-0.05, 0) is 0 Å². The fourth-order valence-corrected chi connectivity index (χ4v) is 2.81. The predicted molar refractivity (Wildman–Crippen MR) is 55.8 cm³/mol. The van der Waals surface area contributed by atoms with Crippen molar-refractivity contribution in [2.24, 2.45) is 0 Å². The summed E-state index contributed by atoms with van der Waals surface area (Å²) in [7, 11) is 0. The monoisotopic (exact) mass is 297 g/mol. The van der Waals surface area contributed by atoms with Crippen LogP contribution in [0.15, 0.2) is 12.1 Å². The Labute approximate surface area is 97.9 Å². The van der Waals surface area contributed by atoms with Crippen LogP contribution in [0.1, 0.15) is 5.56 Å². The van der Waals surface area contributed by atoms with E-state index in [9.17, 15) is 3.83 Å². The first-order valence-corrected chi connectivity index (χ1v) is 6.76. The van der Waals surface area contributed by atoms with Gasteiger partial charge in [0.05, 0.1) is 0 Å². The molecule has 75 valence electrons. The van der Waals surface area contributed by atoms with Crippen molar-refractivity contribution in [3.05, 3.63) is 27.7 Å². The Hall–Kier alpha value is -0.0805. The van der Waals surface area contributed by atoms with Crippen molar-refractivity contribution in [1.29, 1.82) is 0 Å². The van der Waals surface area contributed by atoms with Crippen LogP contribution in [0.2, 0.25) is 15.4 Å². The average Bonchev–Trinajstić information content (AvgIpc) is 2.48. The number of rotatable bonds is 2. The zero-order chi connectivity index (χ0) is 10.1. The van der Waals surface area contributed by atoms with Crippen molar-refractivity contribution in [1.82, 2.24) is 0 Å². The summed E-state index contributed by atoms with van der Waals surface area (Å²) in [5.74, 6) is 0.699. The molecule has 2 rings (SSSR count). The van der Waals surface area contributed by atoms with Crippen molar-refractivity contribution in [3.8, 4) is 5.75 Å². The third-order valence-electron chi connectivity index (χ3n) is 2.07. The van der Waals surface area contributed by atoms with Crippen LogP contribution in [0.5, 0.6) is 5.75 Å². The summed E-state index contributed by atoms with van der Waals surface area (Å²) < 4.78 is 16.1. The maximum absolute atomic E-state index is 10.5. The van der Waals surface area contributed by atoms with Gasteiger partial charge in [0.2, 0.25) is 0 Å². The molecule has 1 unspecified atom stereocenters. The molecular formula is C9H7Cl2O2Se. The molecule has 0 saturated heterocycles. The van der Waals surface area contributed by atoms with Gasteiger partial charge < -0.3 is 0 Å². The van der Waals surface area contributed by atoms with Crippen LogP contribution in [-0.2, 0) is 10.3 Å². The molecule has 1 heterocycles. The van der Waals surface area contributed by atoms with Crippen LogP contribution in [0, 0.1) is 0 Å². The van der Waals surface area contributed by atoms with Crippen molar-refractivity contribution in [3.63, 3.8) is 0 Å². The van der Waals surface area contributed by atoms with E-state index in [0.29, 0.717) is 21.1 Å². The first kappa shape index (κ1) is 10.4. The fraction of sp³-hybridized carbons (Fsp3) is 0.333. The van der Waals surface area contributed by atoms with Crippen LogP contribution in [0.25, 0.3) is 0 Å². The van der Waals surface area contributed by atoms with Gasteiger partial charge >= 0.3 is 98.0 Å². The quantitative estimate of drug-likeness (QED) is 0.785. The van der Waals surface area contributed by atoms with E-state index in [1.165, 1.54) is 0 Å². The van der Waals surface area contributed by atoms with Crippen LogP contribution in [0.4, 0.5) is 0 Å². The van der Waals surface area contributed by atoms with Gasteiger partial charge in [0.15, 0.2) is 0 Å². The zero-order valence-corrected chi connectivity index (χ0v) is 10.4. The molecule has 1 aromatic rings. The van der Waals surface area contributed by atoms with Crippen LogP contribution in [0.3, 0.4) is 0 Å². The zero-order valence-electron chi connectivity index (χ0n) is 7.13. The first-order chi connectivity index (χ1) is 6.70. The number of ether oxygens (including phenoxy) is 1. The van der Waals surface area contributed by atoms with Gasteiger partial charge in [-0.25, -0.2) is 0 Å². The molecule has 1 radical (unpaired) electrons. The summed E-state index contributed by atoms with van der Waals surface area (Å²) in [6.45, 7) is 0. The van der Waals surface area contributed by atoms with E-state index < -0.39 is 14.9 Å². The summed E-state index contributed by atoms with van der Waals surface area (Å²) >= 11 is 11.2. The van der Waals surface area contributed by atoms with Crippen LogP contribution < -0.4 is 4.74 Å². The number of benzene rings is 1. The molecule has 1 atom stereocenters. The van der Waals surface area contributed by atoms with Gasteiger partial charge in [-0.15, -0.1) is 0 Å². The molecule has 0 fully saturated rings. The van der Waals surface area contributed by atoms with Crippen molar-refractivity contribution in [2.75, 3.05) is 0 Å². The molecule has 5 heteroatoms. The maximum atomic E-state index is 10.5. The molecule has 1 aliphatic rings. The molecule has 2 nitrogen and oxygen atoms in total. The minimum atomic E-state index is -0.608. The molecule has 1 aromatic carbocycles. The third kappa shape index (κ3) is 1.96. The first-order valence-electron chi connectivity index (χ1n) is 4.10. The molecule has 14 heavy (non-hydrogen) atoms. The van der Waals surface area contributed by atoms with E-state index in [4.69, 9.17) is 27.9 Å². The Morgan fingerprint density at radius 1 is 1.50 bits per heavy atom. The Bertz CT molecular complexity index is 381. The van der Waals surface area contributed by atoms with E-state index in [0.717, 1.165) is 12.0 Å². The molecular weight excluding hydrogens is 290 g/mol. The summed E-state index contributed by atoms with van der Waals surface area (Å²) in [5, 5.41) is 1.73. The van der Waals surface area contributed by atoms with Gasteiger partial charge in [-0.2, -0.15) is 0 Å². The second-order valence-corrected chi connectivity index (χ2v) is 5.14. The van der Waals surface area contributed by atoms with E-state index >= 15 is 0 Å². The normalized spacial score (nSPS) is 18.9. The van der Waals surface area contributed by atoms with E-state index in [2.05, 4.69) is 0 Å². The number of hydrogen-bond acceptors (Lipinski definition) is 2. The van der Waals surface area contributed by atoms with Gasteiger partial charge in [0.1, 0.15) is 0 Å². The summed E-state index contributed by atoms with van der Waals surface area (Å²) in [4.78, 5) is 0. The summed E-state index contributed by atoms with van der Waals surface area (Å²) in [5.41, 5.74) is 1.01. The Morgan fingerprint density at radius 2 is 2.29 bits per heavy atom.